The molecule has 0 aliphatic heterocycles. The molecule has 0 fully saturated rings. The molecule has 3 rings (SSSR count). The molecule has 0 spiro atoms. The molecule has 0 bridgehead atoms. The Balaban J connectivity index is 1.83. The minimum absolute atomic E-state index is 0.660. The Bertz CT molecular complexity index is 639. The molecule has 3 aromatic rings. The molecule has 2 heterocycles. The van der Waals surface area contributed by atoms with Crippen molar-refractivity contribution in [3.05, 3.63) is 42.5 Å². The number of benzene rings is 1. The van der Waals surface area contributed by atoms with Gasteiger partial charge in [0.2, 0.25) is 0 Å². The van der Waals surface area contributed by atoms with E-state index in [1.165, 1.54) is 0 Å². The van der Waals surface area contributed by atoms with Crippen molar-refractivity contribution in [3.8, 4) is 11.4 Å². The molecule has 96 valence electrons. The average Bonchev–Trinajstić information content (AvgIpc) is 3.10. The van der Waals surface area contributed by atoms with Gasteiger partial charge in [0.15, 0.2) is 5.82 Å². The van der Waals surface area contributed by atoms with Crippen LogP contribution in [0.4, 0.5) is 0 Å². The highest BCUT2D eigenvalue weighted by molar-refractivity contribution is 5.55. The average molecular weight is 255 g/mol. The summed E-state index contributed by atoms with van der Waals surface area (Å²) >= 11 is 0. The zero-order valence-electron chi connectivity index (χ0n) is 10.5. The van der Waals surface area contributed by atoms with Crippen LogP contribution in [0.5, 0.6) is 0 Å². The Hall–Kier alpha value is -2.57. The summed E-state index contributed by atoms with van der Waals surface area (Å²) in [5, 5.41) is 15.2. The molecule has 0 aliphatic rings. The Labute approximate surface area is 109 Å². The molecule has 0 aliphatic carbocycles. The largest absolute Gasteiger partial charge is 0.246 e. The van der Waals surface area contributed by atoms with Crippen molar-refractivity contribution in [3.63, 3.8) is 0 Å². The molecule has 0 amide bonds. The summed E-state index contributed by atoms with van der Waals surface area (Å²) in [4.78, 5) is 4.28. The van der Waals surface area contributed by atoms with Gasteiger partial charge in [0.25, 0.3) is 0 Å². The van der Waals surface area contributed by atoms with E-state index in [1.54, 1.807) is 17.3 Å². The summed E-state index contributed by atoms with van der Waals surface area (Å²) < 4.78 is 3.56. The van der Waals surface area contributed by atoms with E-state index in [0.29, 0.717) is 6.54 Å². The van der Waals surface area contributed by atoms with Crippen LogP contribution in [0.3, 0.4) is 0 Å². The third kappa shape index (κ3) is 2.35. The summed E-state index contributed by atoms with van der Waals surface area (Å²) in [5.74, 6) is 0.886. The summed E-state index contributed by atoms with van der Waals surface area (Å²) in [6.07, 6.45) is 3.18. The van der Waals surface area contributed by atoms with Crippen molar-refractivity contribution in [2.75, 3.05) is 0 Å². The number of aryl methyl sites for hydroxylation is 1. The molecule has 0 atom stereocenters. The van der Waals surface area contributed by atoms with Crippen LogP contribution in [0.25, 0.3) is 11.4 Å². The van der Waals surface area contributed by atoms with Gasteiger partial charge in [-0.1, -0.05) is 24.3 Å². The van der Waals surface area contributed by atoms with Crippen LogP contribution in [0.1, 0.15) is 12.5 Å². The molecule has 7 heteroatoms. The molecule has 0 saturated carbocycles. The molecule has 0 saturated heterocycles. The van der Waals surface area contributed by atoms with Crippen molar-refractivity contribution in [2.45, 2.75) is 20.0 Å². The lowest BCUT2D eigenvalue weighted by Gasteiger charge is -2.04. The summed E-state index contributed by atoms with van der Waals surface area (Å²) in [6.45, 7) is 3.51. The first kappa shape index (κ1) is 11.5. The second kappa shape index (κ2) is 4.97. The van der Waals surface area contributed by atoms with Gasteiger partial charge in [-0.05, 0) is 22.9 Å². The third-order valence-corrected chi connectivity index (χ3v) is 2.86. The van der Waals surface area contributed by atoms with Crippen LogP contribution in [-0.2, 0) is 13.1 Å². The molecular formula is C12H13N7. The van der Waals surface area contributed by atoms with Crippen LogP contribution in [0, 0.1) is 0 Å². The normalized spacial score (nSPS) is 10.8. The smallest absolute Gasteiger partial charge is 0.158 e. The lowest BCUT2D eigenvalue weighted by Crippen LogP contribution is -2.01. The van der Waals surface area contributed by atoms with Gasteiger partial charge in [0.1, 0.15) is 12.7 Å². The van der Waals surface area contributed by atoms with E-state index < -0.39 is 0 Å². The highest BCUT2D eigenvalue weighted by Gasteiger charge is 2.05. The van der Waals surface area contributed by atoms with E-state index in [1.807, 2.05) is 35.9 Å². The fourth-order valence-electron chi connectivity index (χ4n) is 1.92. The molecule has 0 N–H and O–H groups in total. The SMILES string of the molecule is CCn1ncnc1-c1ccc(Cn2cnnn2)cc1. The van der Waals surface area contributed by atoms with Crippen molar-refractivity contribution < 1.29 is 0 Å². The molecule has 2 aromatic heterocycles. The quantitative estimate of drug-likeness (QED) is 0.695. The van der Waals surface area contributed by atoms with Gasteiger partial charge in [-0.25, -0.2) is 14.3 Å². The van der Waals surface area contributed by atoms with E-state index in [-0.39, 0.29) is 0 Å². The Kier molecular flexibility index (Phi) is 3.01. The maximum atomic E-state index is 4.28. The van der Waals surface area contributed by atoms with E-state index in [0.717, 1.165) is 23.5 Å². The molecule has 0 unspecified atom stereocenters. The number of hydrogen-bond acceptors (Lipinski definition) is 5. The van der Waals surface area contributed by atoms with Crippen LogP contribution in [0.15, 0.2) is 36.9 Å². The van der Waals surface area contributed by atoms with E-state index in [4.69, 9.17) is 0 Å². The van der Waals surface area contributed by atoms with Crippen molar-refractivity contribution in [2.24, 2.45) is 0 Å². The highest BCUT2D eigenvalue weighted by atomic mass is 15.5. The lowest BCUT2D eigenvalue weighted by atomic mass is 10.1. The van der Waals surface area contributed by atoms with Gasteiger partial charge in [0.05, 0.1) is 6.54 Å². The molecule has 7 nitrogen and oxygen atoms in total. The van der Waals surface area contributed by atoms with Gasteiger partial charge in [-0.3, -0.25) is 0 Å². The Morgan fingerprint density at radius 2 is 2.00 bits per heavy atom. The fraction of sp³-hybridized carbons (Fsp3) is 0.250. The number of hydrogen-bond donors (Lipinski definition) is 0. The summed E-state index contributed by atoms with van der Waals surface area (Å²) in [7, 11) is 0. The number of aromatic nitrogens is 7. The lowest BCUT2D eigenvalue weighted by molar-refractivity contribution is 0.648. The van der Waals surface area contributed by atoms with Gasteiger partial charge < -0.3 is 0 Å². The summed E-state index contributed by atoms with van der Waals surface area (Å²) in [6, 6.07) is 8.17. The monoisotopic (exact) mass is 255 g/mol. The fourth-order valence-corrected chi connectivity index (χ4v) is 1.92. The second-order valence-corrected chi connectivity index (χ2v) is 4.10. The zero-order valence-corrected chi connectivity index (χ0v) is 10.5. The van der Waals surface area contributed by atoms with Gasteiger partial charge in [0, 0.05) is 12.1 Å². The van der Waals surface area contributed by atoms with E-state index in [9.17, 15) is 0 Å². The number of tetrazole rings is 1. The van der Waals surface area contributed by atoms with Crippen LogP contribution in [-0.4, -0.2) is 35.0 Å². The predicted octanol–water partition coefficient (Wildman–Crippen LogP) is 1.000. The third-order valence-electron chi connectivity index (χ3n) is 2.86. The summed E-state index contributed by atoms with van der Waals surface area (Å²) in [5.41, 5.74) is 2.19. The second-order valence-electron chi connectivity index (χ2n) is 4.10. The van der Waals surface area contributed by atoms with Crippen LogP contribution < -0.4 is 0 Å². The van der Waals surface area contributed by atoms with Crippen molar-refractivity contribution in [1.29, 1.82) is 0 Å². The first-order chi connectivity index (χ1) is 9.36. The van der Waals surface area contributed by atoms with Gasteiger partial charge in [-0.2, -0.15) is 5.10 Å². The highest BCUT2D eigenvalue weighted by Crippen LogP contribution is 2.17. The minimum atomic E-state index is 0.660. The molecule has 19 heavy (non-hydrogen) atoms. The number of nitrogens with zero attached hydrogens (tertiary/aromatic N) is 7. The first-order valence-electron chi connectivity index (χ1n) is 6.04. The maximum Gasteiger partial charge on any atom is 0.158 e. The standard InChI is InChI=1S/C12H13N7/c1-2-19-12(13-8-15-19)11-5-3-10(4-6-11)7-18-9-14-16-17-18/h3-6,8-9H,2,7H2,1H3. The molecule has 0 radical (unpaired) electrons. The zero-order chi connectivity index (χ0) is 13.1. The molecule has 1 aromatic carbocycles. The van der Waals surface area contributed by atoms with E-state index in [2.05, 4.69) is 25.6 Å². The van der Waals surface area contributed by atoms with Crippen LogP contribution in [0.2, 0.25) is 0 Å². The maximum absolute atomic E-state index is 4.28. The van der Waals surface area contributed by atoms with Crippen molar-refractivity contribution >= 4 is 0 Å². The number of rotatable bonds is 4. The topological polar surface area (TPSA) is 74.3 Å². The van der Waals surface area contributed by atoms with Crippen LogP contribution >= 0.6 is 0 Å². The van der Waals surface area contributed by atoms with E-state index >= 15 is 0 Å². The Morgan fingerprint density at radius 1 is 1.16 bits per heavy atom. The predicted molar refractivity (Wildman–Crippen MR) is 68.1 cm³/mol. The molecular weight excluding hydrogens is 242 g/mol. The minimum Gasteiger partial charge on any atom is -0.246 e. The van der Waals surface area contributed by atoms with Gasteiger partial charge >= 0.3 is 0 Å². The first-order valence-corrected chi connectivity index (χ1v) is 6.04. The van der Waals surface area contributed by atoms with Gasteiger partial charge in [-0.15, -0.1) is 5.10 Å². The van der Waals surface area contributed by atoms with Crippen molar-refractivity contribution in [1.82, 2.24) is 35.0 Å². The Morgan fingerprint density at radius 3 is 2.68 bits per heavy atom.